The molecule has 5 nitrogen and oxygen atoms in total. The normalized spacial score (nSPS) is 11.3. The number of hydrogen-bond donors (Lipinski definition) is 0. The van der Waals surface area contributed by atoms with Gasteiger partial charge in [0.25, 0.3) is 5.91 Å². The molecule has 7 heteroatoms. The van der Waals surface area contributed by atoms with E-state index in [1.807, 2.05) is 78.3 Å². The monoisotopic (exact) mass is 462 g/mol. The van der Waals surface area contributed by atoms with Crippen molar-refractivity contribution in [2.75, 3.05) is 27.2 Å². The summed E-state index contributed by atoms with van der Waals surface area (Å²) in [5.41, 5.74) is 3.05. The number of carbonyl (C=O) groups excluding carboxylic acids is 1. The van der Waals surface area contributed by atoms with Crippen LogP contribution in [-0.4, -0.2) is 52.3 Å². The molecule has 1 amide bonds. The van der Waals surface area contributed by atoms with Crippen LogP contribution < -0.4 is 0 Å². The number of rotatable bonds is 9. The van der Waals surface area contributed by atoms with Gasteiger partial charge in [-0.15, -0.1) is 11.8 Å². The predicted molar refractivity (Wildman–Crippen MR) is 131 cm³/mol. The average Bonchev–Trinajstić information content (AvgIpc) is 3.24. The van der Waals surface area contributed by atoms with E-state index in [0.717, 1.165) is 22.0 Å². The highest BCUT2D eigenvalue weighted by atomic mass is 32.2. The fourth-order valence-electron chi connectivity index (χ4n) is 3.50. The molecule has 4 aromatic rings. The molecule has 2 aromatic carbocycles. The molecule has 170 valence electrons. The number of benzene rings is 2. The molecular formula is C26H27FN4OS. The van der Waals surface area contributed by atoms with Gasteiger partial charge in [0.05, 0.1) is 5.69 Å². The lowest BCUT2D eigenvalue weighted by atomic mass is 10.1. The number of likely N-dealkylation sites (N-methyl/N-ethyl adjacent to an activating group) is 1. The summed E-state index contributed by atoms with van der Waals surface area (Å²) in [6.07, 6.45) is 4.02. The van der Waals surface area contributed by atoms with Crippen molar-refractivity contribution in [3.63, 3.8) is 0 Å². The molecule has 2 heterocycles. The lowest BCUT2D eigenvalue weighted by Gasteiger charge is -2.25. The number of amides is 1. The van der Waals surface area contributed by atoms with E-state index in [-0.39, 0.29) is 18.3 Å². The van der Waals surface area contributed by atoms with Crippen LogP contribution in [0.5, 0.6) is 0 Å². The minimum absolute atomic E-state index is 0.1000. The minimum Gasteiger partial charge on any atom is -0.333 e. The Balaban J connectivity index is 1.43. The number of fused-ring (bicyclic) bond motifs is 1. The minimum atomic E-state index is -0.293. The van der Waals surface area contributed by atoms with Crippen molar-refractivity contribution in [2.45, 2.75) is 17.2 Å². The first-order valence-electron chi connectivity index (χ1n) is 10.8. The van der Waals surface area contributed by atoms with E-state index in [1.54, 1.807) is 34.9 Å². The van der Waals surface area contributed by atoms with Crippen LogP contribution in [0.25, 0.3) is 5.65 Å². The largest absolute Gasteiger partial charge is 0.333 e. The highest BCUT2D eigenvalue weighted by Gasteiger charge is 2.18. The number of hydrogen-bond acceptors (Lipinski definition) is 4. The van der Waals surface area contributed by atoms with Crippen molar-refractivity contribution in [1.82, 2.24) is 19.2 Å². The molecule has 0 saturated heterocycles. The van der Waals surface area contributed by atoms with Gasteiger partial charge in [0.2, 0.25) is 0 Å². The summed E-state index contributed by atoms with van der Waals surface area (Å²) >= 11 is 1.68. The van der Waals surface area contributed by atoms with Gasteiger partial charge >= 0.3 is 0 Å². The molecule has 0 saturated carbocycles. The third-order valence-electron chi connectivity index (χ3n) is 5.33. The molecule has 0 bridgehead atoms. The molecule has 0 fully saturated rings. The zero-order valence-corrected chi connectivity index (χ0v) is 19.6. The molecule has 0 aliphatic heterocycles. The van der Waals surface area contributed by atoms with Gasteiger partial charge in [-0.05, 0) is 56.6 Å². The lowest BCUT2D eigenvalue weighted by Crippen LogP contribution is -2.36. The number of halogens is 1. The van der Waals surface area contributed by atoms with E-state index in [9.17, 15) is 9.18 Å². The Morgan fingerprint density at radius 2 is 1.76 bits per heavy atom. The fraction of sp³-hybridized carbons (Fsp3) is 0.231. The van der Waals surface area contributed by atoms with E-state index in [1.165, 1.54) is 6.07 Å². The van der Waals surface area contributed by atoms with Crippen LogP contribution in [0.2, 0.25) is 0 Å². The smallest absolute Gasteiger partial charge is 0.254 e. The molecule has 4 rings (SSSR count). The molecule has 0 N–H and O–H groups in total. The maximum atomic E-state index is 14.2. The number of imidazole rings is 1. The molecule has 0 aliphatic rings. The van der Waals surface area contributed by atoms with Gasteiger partial charge in [0.15, 0.2) is 0 Å². The topological polar surface area (TPSA) is 40.9 Å². The second-order valence-corrected chi connectivity index (χ2v) is 9.18. The number of pyridine rings is 1. The van der Waals surface area contributed by atoms with E-state index >= 15 is 0 Å². The maximum Gasteiger partial charge on any atom is 0.254 e. The van der Waals surface area contributed by atoms with Gasteiger partial charge in [0.1, 0.15) is 11.5 Å². The Morgan fingerprint density at radius 1 is 1.00 bits per heavy atom. The molecule has 2 aromatic heterocycles. The summed E-state index contributed by atoms with van der Waals surface area (Å²) in [6, 6.07) is 20.2. The molecule has 0 spiro atoms. The van der Waals surface area contributed by atoms with Gasteiger partial charge in [-0.2, -0.15) is 0 Å². The second kappa shape index (κ2) is 10.6. The summed E-state index contributed by atoms with van der Waals surface area (Å²) in [5.74, 6) is 0.355. The van der Waals surface area contributed by atoms with Crippen LogP contribution in [0.3, 0.4) is 0 Å². The molecule has 0 atom stereocenters. The Kier molecular flexibility index (Phi) is 7.42. The standard InChI is InChI=1S/C26H27FN4OS/c1-29(2)15-16-31(17-21-7-3-4-8-24(21)27)26(32)20-10-12-23(13-11-20)33-19-22-18-30-14-6-5-9-25(30)28-22/h3-14,18H,15-17,19H2,1-2H3. The van der Waals surface area contributed by atoms with Crippen molar-refractivity contribution in [3.8, 4) is 0 Å². The number of thioether (sulfide) groups is 1. The van der Waals surface area contributed by atoms with Crippen molar-refractivity contribution < 1.29 is 9.18 Å². The zero-order valence-electron chi connectivity index (χ0n) is 18.8. The third kappa shape index (κ3) is 6.00. The molecule has 33 heavy (non-hydrogen) atoms. The summed E-state index contributed by atoms with van der Waals surface area (Å²) in [7, 11) is 3.92. The maximum absolute atomic E-state index is 14.2. The second-order valence-electron chi connectivity index (χ2n) is 8.13. The van der Waals surface area contributed by atoms with Gasteiger partial charge in [0, 0.05) is 53.8 Å². The summed E-state index contributed by atoms with van der Waals surface area (Å²) in [5, 5.41) is 0. The SMILES string of the molecule is CN(C)CCN(Cc1ccccc1F)C(=O)c1ccc(SCc2cn3ccccc3n2)cc1. The Hall–Kier alpha value is -3.16. The number of carbonyl (C=O) groups is 1. The van der Waals surface area contributed by atoms with E-state index in [2.05, 4.69) is 4.98 Å². The number of nitrogens with zero attached hydrogens (tertiary/aromatic N) is 4. The Morgan fingerprint density at radius 3 is 2.48 bits per heavy atom. The van der Waals surface area contributed by atoms with Crippen molar-refractivity contribution in [2.24, 2.45) is 0 Å². The quantitative estimate of drug-likeness (QED) is 0.329. The average molecular weight is 463 g/mol. The molecule has 0 radical (unpaired) electrons. The Labute approximate surface area is 197 Å². The van der Waals surface area contributed by atoms with Crippen LogP contribution in [0.15, 0.2) is 84.0 Å². The predicted octanol–water partition coefficient (Wildman–Crippen LogP) is 4.97. The van der Waals surface area contributed by atoms with Gasteiger partial charge in [-0.1, -0.05) is 24.3 Å². The van der Waals surface area contributed by atoms with Crippen LogP contribution in [0, 0.1) is 5.82 Å². The van der Waals surface area contributed by atoms with Gasteiger partial charge < -0.3 is 14.2 Å². The van der Waals surface area contributed by atoms with Gasteiger partial charge in [-0.3, -0.25) is 4.79 Å². The molecule has 0 unspecified atom stereocenters. The van der Waals surface area contributed by atoms with Gasteiger partial charge in [-0.25, -0.2) is 9.37 Å². The Bertz CT molecular complexity index is 1190. The van der Waals surface area contributed by atoms with E-state index in [4.69, 9.17) is 0 Å². The van der Waals surface area contributed by atoms with E-state index in [0.29, 0.717) is 24.2 Å². The molecule has 0 aliphatic carbocycles. The number of aromatic nitrogens is 2. The van der Waals surface area contributed by atoms with Crippen molar-refractivity contribution >= 4 is 23.3 Å². The summed E-state index contributed by atoms with van der Waals surface area (Å²) in [4.78, 5) is 22.6. The summed E-state index contributed by atoms with van der Waals surface area (Å²) < 4.78 is 16.2. The first-order valence-corrected chi connectivity index (χ1v) is 11.8. The van der Waals surface area contributed by atoms with Crippen LogP contribution >= 0.6 is 11.8 Å². The highest BCUT2D eigenvalue weighted by Crippen LogP contribution is 2.24. The highest BCUT2D eigenvalue weighted by molar-refractivity contribution is 7.98. The lowest BCUT2D eigenvalue weighted by molar-refractivity contribution is 0.0730. The summed E-state index contributed by atoms with van der Waals surface area (Å²) in [6.45, 7) is 1.46. The van der Waals surface area contributed by atoms with E-state index < -0.39 is 0 Å². The first kappa shape index (κ1) is 23.0. The fourth-order valence-corrected chi connectivity index (χ4v) is 4.28. The van der Waals surface area contributed by atoms with Crippen molar-refractivity contribution in [3.05, 3.63) is 102 Å². The van der Waals surface area contributed by atoms with Crippen LogP contribution in [0.4, 0.5) is 4.39 Å². The zero-order chi connectivity index (χ0) is 23.2. The van der Waals surface area contributed by atoms with Crippen molar-refractivity contribution in [1.29, 1.82) is 0 Å². The first-order chi connectivity index (χ1) is 16.0. The van der Waals surface area contributed by atoms with Crippen LogP contribution in [-0.2, 0) is 12.3 Å². The van der Waals surface area contributed by atoms with Crippen LogP contribution in [0.1, 0.15) is 21.6 Å². The third-order valence-corrected chi connectivity index (χ3v) is 6.37. The molecular weight excluding hydrogens is 435 g/mol.